The molecule has 3 nitrogen and oxygen atoms in total. The monoisotopic (exact) mass is 236 g/mol. The summed E-state index contributed by atoms with van der Waals surface area (Å²) < 4.78 is 6.05. The summed E-state index contributed by atoms with van der Waals surface area (Å²) in [5.74, 6) is 0.168. The Bertz CT molecular complexity index is 510. The fourth-order valence-electron chi connectivity index (χ4n) is 1.19. The molecule has 1 aromatic carbocycles. The Hall–Kier alpha value is -1.47. The van der Waals surface area contributed by atoms with Crippen molar-refractivity contribution in [3.05, 3.63) is 28.4 Å². The third kappa shape index (κ3) is 1.09. The number of halogens is 1. The van der Waals surface area contributed by atoms with Crippen molar-refractivity contribution in [2.45, 2.75) is 0 Å². The highest BCUT2D eigenvalue weighted by Gasteiger charge is 2.11. The minimum absolute atomic E-state index is 0.168. The molecule has 2 aromatic rings. The summed E-state index contributed by atoms with van der Waals surface area (Å²) in [5, 5.41) is 9.44. The van der Waals surface area contributed by atoms with Crippen LogP contribution in [0.4, 0.5) is 5.69 Å². The van der Waals surface area contributed by atoms with Crippen LogP contribution < -0.4 is 5.73 Å². The van der Waals surface area contributed by atoms with Crippen LogP contribution in [-0.2, 0) is 0 Å². The number of benzene rings is 1. The molecule has 2 rings (SSSR count). The first-order valence-corrected chi connectivity index (χ1v) is 4.40. The average Bonchev–Trinajstić information content (AvgIpc) is 2.45. The standard InChI is InChI=1S/C9H5BrN2O/c10-6-3-1-2-5-8(12)7(4-11)13-9(5)6/h1-3H,12H2. The lowest BCUT2D eigenvalue weighted by Gasteiger charge is -1.90. The Labute approximate surface area is 82.9 Å². The fraction of sp³-hybridized carbons (Fsp3) is 0. The second-order valence-electron chi connectivity index (χ2n) is 2.57. The fourth-order valence-corrected chi connectivity index (χ4v) is 1.63. The lowest BCUT2D eigenvalue weighted by atomic mass is 10.2. The number of nitrogens with zero attached hydrogens (tertiary/aromatic N) is 1. The zero-order valence-electron chi connectivity index (χ0n) is 6.54. The molecule has 0 unspecified atom stereocenters. The molecule has 1 heterocycles. The van der Waals surface area contributed by atoms with Gasteiger partial charge in [-0.15, -0.1) is 0 Å². The van der Waals surface area contributed by atoms with E-state index in [0.29, 0.717) is 11.3 Å². The molecule has 64 valence electrons. The number of nitriles is 1. The number of fused-ring (bicyclic) bond motifs is 1. The number of nitrogen functional groups attached to an aromatic ring is 1. The van der Waals surface area contributed by atoms with Crippen LogP contribution in [0, 0.1) is 11.3 Å². The average molecular weight is 237 g/mol. The van der Waals surface area contributed by atoms with Gasteiger partial charge in [0.25, 0.3) is 0 Å². The van der Waals surface area contributed by atoms with Crippen LogP contribution in [-0.4, -0.2) is 0 Å². The van der Waals surface area contributed by atoms with Crippen LogP contribution in [0.5, 0.6) is 0 Å². The number of nitrogens with two attached hydrogens (primary N) is 1. The van der Waals surface area contributed by atoms with Crippen molar-refractivity contribution in [2.24, 2.45) is 0 Å². The van der Waals surface area contributed by atoms with E-state index >= 15 is 0 Å². The third-order valence-electron chi connectivity index (χ3n) is 1.81. The van der Waals surface area contributed by atoms with Gasteiger partial charge < -0.3 is 10.2 Å². The van der Waals surface area contributed by atoms with E-state index in [2.05, 4.69) is 15.9 Å². The van der Waals surface area contributed by atoms with Crippen LogP contribution in [0.25, 0.3) is 11.0 Å². The molecule has 0 bridgehead atoms. The first-order valence-electron chi connectivity index (χ1n) is 3.60. The molecule has 2 N–H and O–H groups in total. The van der Waals surface area contributed by atoms with Gasteiger partial charge in [-0.05, 0) is 28.1 Å². The van der Waals surface area contributed by atoms with E-state index in [1.165, 1.54) is 0 Å². The number of furan rings is 1. The minimum atomic E-state index is 0.168. The normalized spacial score (nSPS) is 10.2. The van der Waals surface area contributed by atoms with Crippen molar-refractivity contribution in [3.63, 3.8) is 0 Å². The van der Waals surface area contributed by atoms with Gasteiger partial charge >= 0.3 is 0 Å². The number of hydrogen-bond donors (Lipinski definition) is 1. The Balaban J connectivity index is 2.94. The topological polar surface area (TPSA) is 63.0 Å². The Morgan fingerprint density at radius 2 is 2.23 bits per heavy atom. The predicted octanol–water partition coefficient (Wildman–Crippen LogP) is 2.65. The maximum Gasteiger partial charge on any atom is 0.227 e. The maximum atomic E-state index is 8.67. The van der Waals surface area contributed by atoms with Gasteiger partial charge in [-0.1, -0.05) is 6.07 Å². The van der Waals surface area contributed by atoms with Crippen LogP contribution in [0.2, 0.25) is 0 Å². The van der Waals surface area contributed by atoms with Crippen molar-refractivity contribution < 1.29 is 4.42 Å². The molecule has 0 spiro atoms. The molecular formula is C9H5BrN2O. The van der Waals surface area contributed by atoms with Crippen molar-refractivity contribution in [1.29, 1.82) is 5.26 Å². The zero-order valence-corrected chi connectivity index (χ0v) is 8.13. The molecule has 1 aromatic heterocycles. The molecule has 0 amide bonds. The zero-order chi connectivity index (χ0) is 9.42. The van der Waals surface area contributed by atoms with E-state index in [9.17, 15) is 0 Å². The number of anilines is 1. The van der Waals surface area contributed by atoms with Crippen LogP contribution in [0.3, 0.4) is 0 Å². The van der Waals surface area contributed by atoms with Crippen molar-refractivity contribution >= 4 is 32.6 Å². The quantitative estimate of drug-likeness (QED) is 0.765. The SMILES string of the molecule is N#Cc1oc2c(Br)cccc2c1N. The second-order valence-corrected chi connectivity index (χ2v) is 3.43. The molecule has 13 heavy (non-hydrogen) atoms. The summed E-state index contributed by atoms with van der Waals surface area (Å²) in [6, 6.07) is 7.40. The highest BCUT2D eigenvalue weighted by atomic mass is 79.9. The Morgan fingerprint density at radius 1 is 1.46 bits per heavy atom. The highest BCUT2D eigenvalue weighted by molar-refractivity contribution is 9.10. The summed E-state index contributed by atoms with van der Waals surface area (Å²) in [7, 11) is 0. The van der Waals surface area contributed by atoms with Gasteiger partial charge in [-0.25, -0.2) is 0 Å². The van der Waals surface area contributed by atoms with Crippen molar-refractivity contribution in [2.75, 3.05) is 5.73 Å². The molecule has 4 heteroatoms. The van der Waals surface area contributed by atoms with E-state index in [0.717, 1.165) is 9.86 Å². The molecule has 0 aliphatic heterocycles. The van der Waals surface area contributed by atoms with Crippen LogP contribution >= 0.6 is 15.9 Å². The van der Waals surface area contributed by atoms with Crippen molar-refractivity contribution in [1.82, 2.24) is 0 Å². The van der Waals surface area contributed by atoms with Gasteiger partial charge in [0.1, 0.15) is 6.07 Å². The van der Waals surface area contributed by atoms with Gasteiger partial charge in [-0.3, -0.25) is 0 Å². The smallest absolute Gasteiger partial charge is 0.227 e. The van der Waals surface area contributed by atoms with E-state index in [1.54, 1.807) is 0 Å². The highest BCUT2D eigenvalue weighted by Crippen LogP contribution is 2.32. The molecule has 0 saturated heterocycles. The maximum absolute atomic E-state index is 8.67. The molecule has 0 aliphatic rings. The minimum Gasteiger partial charge on any atom is -0.442 e. The molecular weight excluding hydrogens is 232 g/mol. The molecule has 0 saturated carbocycles. The molecule has 0 aliphatic carbocycles. The van der Waals surface area contributed by atoms with Gasteiger partial charge in [-0.2, -0.15) is 5.26 Å². The Kier molecular flexibility index (Phi) is 1.74. The van der Waals surface area contributed by atoms with E-state index in [-0.39, 0.29) is 5.76 Å². The summed E-state index contributed by atoms with van der Waals surface area (Å²) in [6.45, 7) is 0. The molecule has 0 radical (unpaired) electrons. The van der Waals surface area contributed by atoms with Gasteiger partial charge in [0.2, 0.25) is 5.76 Å². The summed E-state index contributed by atoms with van der Waals surface area (Å²) in [4.78, 5) is 0. The van der Waals surface area contributed by atoms with Crippen LogP contribution in [0.1, 0.15) is 5.76 Å². The summed E-state index contributed by atoms with van der Waals surface area (Å²) in [6.07, 6.45) is 0. The third-order valence-corrected chi connectivity index (χ3v) is 2.43. The summed E-state index contributed by atoms with van der Waals surface area (Å²) in [5.41, 5.74) is 6.70. The van der Waals surface area contributed by atoms with E-state index < -0.39 is 0 Å². The summed E-state index contributed by atoms with van der Waals surface area (Å²) >= 11 is 3.31. The molecule has 0 atom stereocenters. The largest absolute Gasteiger partial charge is 0.442 e. The number of hydrogen-bond acceptors (Lipinski definition) is 3. The molecule has 0 fully saturated rings. The predicted molar refractivity (Wildman–Crippen MR) is 53.0 cm³/mol. The first kappa shape index (κ1) is 8.14. The lowest BCUT2D eigenvalue weighted by Crippen LogP contribution is -1.84. The van der Waals surface area contributed by atoms with E-state index in [1.807, 2.05) is 24.3 Å². The van der Waals surface area contributed by atoms with Crippen LogP contribution in [0.15, 0.2) is 27.1 Å². The Morgan fingerprint density at radius 3 is 2.85 bits per heavy atom. The van der Waals surface area contributed by atoms with Crippen molar-refractivity contribution in [3.8, 4) is 6.07 Å². The van der Waals surface area contributed by atoms with Gasteiger partial charge in [0, 0.05) is 5.39 Å². The second kappa shape index (κ2) is 2.79. The number of para-hydroxylation sites is 1. The first-order chi connectivity index (χ1) is 6.24. The number of rotatable bonds is 0. The van der Waals surface area contributed by atoms with E-state index in [4.69, 9.17) is 15.4 Å². The van der Waals surface area contributed by atoms with Gasteiger partial charge in [0.05, 0.1) is 10.2 Å². The van der Waals surface area contributed by atoms with Gasteiger partial charge in [0.15, 0.2) is 5.58 Å². The lowest BCUT2D eigenvalue weighted by molar-refractivity contribution is 0.599.